The Balaban J connectivity index is 2.11. The molecule has 102 valence electrons. The highest BCUT2D eigenvalue weighted by Crippen LogP contribution is 2.47. The van der Waals surface area contributed by atoms with Crippen molar-refractivity contribution >= 4 is 28.9 Å². The highest BCUT2D eigenvalue weighted by molar-refractivity contribution is 6.32. The number of nitrogens with one attached hydrogen (secondary N) is 1. The van der Waals surface area contributed by atoms with Gasteiger partial charge in [-0.25, -0.2) is 0 Å². The topological polar surface area (TPSA) is 32.3 Å². The fourth-order valence-electron chi connectivity index (χ4n) is 2.63. The lowest BCUT2D eigenvalue weighted by Gasteiger charge is -2.41. The summed E-state index contributed by atoms with van der Waals surface area (Å²) in [5.41, 5.74) is 3.08. The van der Waals surface area contributed by atoms with E-state index in [9.17, 15) is 4.79 Å². The number of carbonyl (C=O) groups is 1. The summed E-state index contributed by atoms with van der Waals surface area (Å²) in [7, 11) is 0. The van der Waals surface area contributed by atoms with E-state index in [4.69, 9.17) is 11.6 Å². The van der Waals surface area contributed by atoms with Gasteiger partial charge in [-0.3, -0.25) is 4.79 Å². The predicted molar refractivity (Wildman–Crippen MR) is 79.2 cm³/mol. The second kappa shape index (κ2) is 4.14. The minimum absolute atomic E-state index is 0.0256. The lowest BCUT2D eigenvalue weighted by Crippen LogP contribution is -2.49. The molecule has 4 heteroatoms. The number of hydrogen-bond donors (Lipinski definition) is 1. The van der Waals surface area contributed by atoms with Crippen LogP contribution in [0, 0.1) is 0 Å². The van der Waals surface area contributed by atoms with Crippen LogP contribution in [0.4, 0.5) is 11.4 Å². The number of amides is 1. The summed E-state index contributed by atoms with van der Waals surface area (Å²) in [6.07, 6.45) is 2.45. The van der Waals surface area contributed by atoms with E-state index in [1.54, 1.807) is 0 Å². The molecule has 0 saturated heterocycles. The van der Waals surface area contributed by atoms with Gasteiger partial charge in [0.1, 0.15) is 0 Å². The van der Waals surface area contributed by atoms with Crippen molar-refractivity contribution < 1.29 is 4.79 Å². The number of rotatable bonds is 1. The molecule has 1 N–H and O–H groups in total. The number of nitrogens with zero attached hydrogens (tertiary/aromatic N) is 1. The third kappa shape index (κ3) is 2.32. The molecule has 1 aliphatic carbocycles. The van der Waals surface area contributed by atoms with Crippen LogP contribution < -0.4 is 10.2 Å². The van der Waals surface area contributed by atoms with E-state index in [1.165, 1.54) is 18.4 Å². The van der Waals surface area contributed by atoms with Gasteiger partial charge in [0.25, 0.3) is 0 Å². The molecule has 3 nitrogen and oxygen atoms in total. The van der Waals surface area contributed by atoms with Crippen LogP contribution in [-0.2, 0) is 4.79 Å². The van der Waals surface area contributed by atoms with Gasteiger partial charge in [-0.05, 0) is 57.2 Å². The van der Waals surface area contributed by atoms with Crippen molar-refractivity contribution in [1.29, 1.82) is 0 Å². The zero-order valence-corrected chi connectivity index (χ0v) is 12.3. The average molecular weight is 279 g/mol. The van der Waals surface area contributed by atoms with E-state index < -0.39 is 0 Å². The summed E-state index contributed by atoms with van der Waals surface area (Å²) >= 11 is 6.34. The Hall–Kier alpha value is -1.22. The summed E-state index contributed by atoms with van der Waals surface area (Å²) in [4.78, 5) is 14.0. The standard InChI is InChI=1S/C15H19ClN2O/c1-15(2,3)18-8-14(19)17-12-7-11(16)10(6-13(12)18)9-4-5-9/h6-7,9H,4-5,8H2,1-3H3,(H,17,19). The van der Waals surface area contributed by atoms with Crippen molar-refractivity contribution in [2.45, 2.75) is 45.1 Å². The molecule has 1 saturated carbocycles. The Labute approximate surface area is 118 Å². The maximum absolute atomic E-state index is 11.8. The minimum Gasteiger partial charge on any atom is -0.356 e. The number of halogens is 1. The van der Waals surface area contributed by atoms with Gasteiger partial charge in [-0.2, -0.15) is 0 Å². The number of benzene rings is 1. The first-order chi connectivity index (χ1) is 8.86. The maximum atomic E-state index is 11.8. The zero-order valence-electron chi connectivity index (χ0n) is 11.6. The molecule has 1 amide bonds. The van der Waals surface area contributed by atoms with Crippen LogP contribution in [-0.4, -0.2) is 18.0 Å². The summed E-state index contributed by atoms with van der Waals surface area (Å²) in [6, 6.07) is 4.07. The van der Waals surface area contributed by atoms with Gasteiger partial charge in [-0.1, -0.05) is 11.6 Å². The molecule has 0 unspecified atom stereocenters. The third-order valence-electron chi connectivity index (χ3n) is 3.81. The van der Waals surface area contributed by atoms with Gasteiger partial charge in [-0.15, -0.1) is 0 Å². The fourth-order valence-corrected chi connectivity index (χ4v) is 2.94. The minimum atomic E-state index is -0.0822. The van der Waals surface area contributed by atoms with Gasteiger partial charge < -0.3 is 10.2 Å². The molecule has 3 rings (SSSR count). The molecule has 19 heavy (non-hydrogen) atoms. The van der Waals surface area contributed by atoms with Crippen molar-refractivity contribution in [2.24, 2.45) is 0 Å². The van der Waals surface area contributed by atoms with Crippen LogP contribution in [0.5, 0.6) is 0 Å². The van der Waals surface area contributed by atoms with E-state index in [2.05, 4.69) is 37.1 Å². The van der Waals surface area contributed by atoms with Crippen molar-refractivity contribution in [3.8, 4) is 0 Å². The molecular weight excluding hydrogens is 260 g/mol. The monoisotopic (exact) mass is 278 g/mol. The molecule has 2 aliphatic rings. The fraction of sp³-hybridized carbons (Fsp3) is 0.533. The molecule has 1 aromatic carbocycles. The number of carbonyl (C=O) groups excluding carboxylic acids is 1. The molecule has 1 fully saturated rings. The molecule has 0 bridgehead atoms. The average Bonchev–Trinajstić information content (AvgIpc) is 3.09. The molecule has 1 aromatic rings. The summed E-state index contributed by atoms with van der Waals surface area (Å²) in [6.45, 7) is 6.78. The largest absolute Gasteiger partial charge is 0.356 e. The van der Waals surface area contributed by atoms with Crippen LogP contribution in [0.2, 0.25) is 5.02 Å². The summed E-state index contributed by atoms with van der Waals surface area (Å²) < 4.78 is 0. The van der Waals surface area contributed by atoms with Gasteiger partial charge in [0.2, 0.25) is 5.91 Å². The Kier molecular flexibility index (Phi) is 2.79. The second-order valence-electron chi connectivity index (χ2n) is 6.47. The molecule has 1 aliphatic heterocycles. The Bertz CT molecular complexity index is 544. The van der Waals surface area contributed by atoms with Gasteiger partial charge in [0, 0.05) is 10.6 Å². The predicted octanol–water partition coefficient (Wildman–Crippen LogP) is 3.77. The van der Waals surface area contributed by atoms with Crippen LogP contribution in [0.15, 0.2) is 12.1 Å². The smallest absolute Gasteiger partial charge is 0.243 e. The van der Waals surface area contributed by atoms with Gasteiger partial charge in [0.15, 0.2) is 0 Å². The van der Waals surface area contributed by atoms with E-state index >= 15 is 0 Å². The molecule has 0 atom stereocenters. The lowest BCUT2D eigenvalue weighted by atomic mass is 10.00. The summed E-state index contributed by atoms with van der Waals surface area (Å²) in [5.74, 6) is 0.634. The van der Waals surface area contributed by atoms with Gasteiger partial charge >= 0.3 is 0 Å². The normalized spacial score (nSPS) is 19.2. The van der Waals surface area contributed by atoms with Crippen LogP contribution in [0.3, 0.4) is 0 Å². The molecule has 0 radical (unpaired) electrons. The van der Waals surface area contributed by atoms with Crippen LogP contribution in [0.1, 0.15) is 45.1 Å². The highest BCUT2D eigenvalue weighted by atomic mass is 35.5. The van der Waals surface area contributed by atoms with E-state index in [0.717, 1.165) is 16.4 Å². The van der Waals surface area contributed by atoms with Crippen molar-refractivity contribution in [1.82, 2.24) is 0 Å². The van der Waals surface area contributed by atoms with Crippen molar-refractivity contribution in [3.05, 3.63) is 22.7 Å². The summed E-state index contributed by atoms with van der Waals surface area (Å²) in [5, 5.41) is 3.70. The molecule has 0 spiro atoms. The van der Waals surface area contributed by atoms with Crippen molar-refractivity contribution in [3.63, 3.8) is 0 Å². The quantitative estimate of drug-likeness (QED) is 0.848. The van der Waals surface area contributed by atoms with Crippen LogP contribution in [0.25, 0.3) is 0 Å². The Morgan fingerprint density at radius 2 is 2.00 bits per heavy atom. The lowest BCUT2D eigenvalue weighted by molar-refractivity contribution is -0.115. The van der Waals surface area contributed by atoms with E-state index in [1.807, 2.05) is 6.07 Å². The first-order valence-corrected chi connectivity index (χ1v) is 7.15. The third-order valence-corrected chi connectivity index (χ3v) is 4.14. The van der Waals surface area contributed by atoms with E-state index in [0.29, 0.717) is 12.5 Å². The highest BCUT2D eigenvalue weighted by Gasteiger charge is 2.33. The maximum Gasteiger partial charge on any atom is 0.243 e. The Morgan fingerprint density at radius 3 is 2.58 bits per heavy atom. The molecule has 1 heterocycles. The SMILES string of the molecule is CC(C)(C)N1CC(=O)Nc2cc(Cl)c(C3CC3)cc21. The molecular formula is C15H19ClN2O. The zero-order chi connectivity index (χ0) is 13.8. The number of fused-ring (bicyclic) bond motifs is 1. The van der Waals surface area contributed by atoms with Crippen LogP contribution >= 0.6 is 11.6 Å². The Morgan fingerprint density at radius 1 is 1.32 bits per heavy atom. The number of anilines is 2. The first-order valence-electron chi connectivity index (χ1n) is 6.77. The van der Waals surface area contributed by atoms with Crippen molar-refractivity contribution in [2.75, 3.05) is 16.8 Å². The van der Waals surface area contributed by atoms with Gasteiger partial charge in [0.05, 0.1) is 17.9 Å². The number of hydrogen-bond acceptors (Lipinski definition) is 2. The first kappa shape index (κ1) is 12.8. The van der Waals surface area contributed by atoms with E-state index in [-0.39, 0.29) is 11.4 Å². The molecule has 0 aromatic heterocycles. The second-order valence-corrected chi connectivity index (χ2v) is 6.88.